The summed E-state index contributed by atoms with van der Waals surface area (Å²) in [6.45, 7) is 0. The molecule has 0 radical (unpaired) electrons. The molecule has 0 bridgehead atoms. The van der Waals surface area contributed by atoms with Gasteiger partial charge in [-0.2, -0.15) is 0 Å². The average molecular weight is 244 g/mol. The van der Waals surface area contributed by atoms with Crippen molar-refractivity contribution in [2.75, 3.05) is 0 Å². The molecule has 2 N–H and O–H groups in total. The van der Waals surface area contributed by atoms with E-state index in [9.17, 15) is 13.2 Å². The molecule has 88 valence electrons. The summed E-state index contributed by atoms with van der Waals surface area (Å²) in [4.78, 5) is 14.1. The third kappa shape index (κ3) is 1.82. The van der Waals surface area contributed by atoms with Crippen LogP contribution in [0.2, 0.25) is 0 Å². The summed E-state index contributed by atoms with van der Waals surface area (Å²) >= 11 is 0. The summed E-state index contributed by atoms with van der Waals surface area (Å²) in [5.74, 6) is -1.45. The Morgan fingerprint density at radius 3 is 2.56 bits per heavy atom. The van der Waals surface area contributed by atoms with Gasteiger partial charge in [0.2, 0.25) is 15.0 Å². The van der Waals surface area contributed by atoms with E-state index >= 15 is 0 Å². The Balaban J connectivity index is 2.25. The van der Waals surface area contributed by atoms with E-state index in [0.717, 1.165) is 31.9 Å². The van der Waals surface area contributed by atoms with E-state index in [-0.39, 0.29) is 11.2 Å². The van der Waals surface area contributed by atoms with Crippen molar-refractivity contribution >= 4 is 21.0 Å². The number of hydrogen-bond donors (Lipinski definition) is 2. The standard InChI is InChI=1S/C9H12N2O4S/c12-8(13)7-5-10-9(16(7,14)15)11-6-3-1-2-4-6/h5-6H,1-4H2,(H,10,11)(H,12,13). The minimum absolute atomic E-state index is 0.00109. The topological polar surface area (TPSA) is 95.8 Å². The molecule has 0 amide bonds. The van der Waals surface area contributed by atoms with Crippen LogP contribution in [0.5, 0.6) is 0 Å². The van der Waals surface area contributed by atoms with Crippen molar-refractivity contribution in [2.45, 2.75) is 31.7 Å². The van der Waals surface area contributed by atoms with Crippen LogP contribution in [0.25, 0.3) is 0 Å². The lowest BCUT2D eigenvalue weighted by atomic mass is 10.3. The molecule has 0 aromatic heterocycles. The number of carboxylic acid groups (broad SMARTS) is 1. The van der Waals surface area contributed by atoms with Crippen molar-refractivity contribution in [3.05, 3.63) is 11.1 Å². The molecule has 1 heterocycles. The molecule has 0 aromatic carbocycles. The van der Waals surface area contributed by atoms with Gasteiger partial charge in [0, 0.05) is 6.20 Å². The molecule has 1 fully saturated rings. The summed E-state index contributed by atoms with van der Waals surface area (Å²) in [6.07, 6.45) is 4.79. The summed E-state index contributed by atoms with van der Waals surface area (Å²) in [7, 11) is -3.91. The highest BCUT2D eigenvalue weighted by molar-refractivity contribution is 8.10. The molecule has 16 heavy (non-hydrogen) atoms. The van der Waals surface area contributed by atoms with Gasteiger partial charge in [-0.3, -0.25) is 4.99 Å². The fraction of sp³-hybridized carbons (Fsp3) is 0.556. The SMILES string of the molecule is O=C(O)C1=CNC(=NC2CCCC2)S1(=O)=O. The van der Waals surface area contributed by atoms with Crippen molar-refractivity contribution in [1.82, 2.24) is 5.32 Å². The Morgan fingerprint density at radius 2 is 2.06 bits per heavy atom. The van der Waals surface area contributed by atoms with E-state index < -0.39 is 20.7 Å². The van der Waals surface area contributed by atoms with Gasteiger partial charge >= 0.3 is 5.97 Å². The van der Waals surface area contributed by atoms with Crippen molar-refractivity contribution in [3.63, 3.8) is 0 Å². The van der Waals surface area contributed by atoms with Crippen LogP contribution in [0.3, 0.4) is 0 Å². The third-order valence-electron chi connectivity index (χ3n) is 2.71. The van der Waals surface area contributed by atoms with Gasteiger partial charge < -0.3 is 10.4 Å². The summed E-state index contributed by atoms with van der Waals surface area (Å²) in [5, 5.41) is 10.9. The quantitative estimate of drug-likeness (QED) is 0.724. The molecule has 0 spiro atoms. The van der Waals surface area contributed by atoms with E-state index in [1.54, 1.807) is 0 Å². The van der Waals surface area contributed by atoms with Crippen LogP contribution < -0.4 is 5.32 Å². The minimum atomic E-state index is -3.91. The fourth-order valence-electron chi connectivity index (χ4n) is 1.87. The Kier molecular flexibility index (Phi) is 2.71. The zero-order valence-electron chi connectivity index (χ0n) is 8.51. The van der Waals surface area contributed by atoms with Gasteiger partial charge in [-0.05, 0) is 12.8 Å². The molecule has 0 unspecified atom stereocenters. The predicted octanol–water partition coefficient (Wildman–Crippen LogP) is 0.229. The molecule has 0 aromatic rings. The summed E-state index contributed by atoms with van der Waals surface area (Å²) in [5.41, 5.74) is 0. The van der Waals surface area contributed by atoms with Crippen molar-refractivity contribution in [1.29, 1.82) is 0 Å². The molecule has 1 aliphatic heterocycles. The van der Waals surface area contributed by atoms with Crippen LogP contribution in [0.15, 0.2) is 16.1 Å². The van der Waals surface area contributed by atoms with E-state index in [2.05, 4.69) is 10.3 Å². The largest absolute Gasteiger partial charge is 0.477 e. The van der Waals surface area contributed by atoms with Crippen LogP contribution in [-0.2, 0) is 14.6 Å². The maximum absolute atomic E-state index is 11.7. The molecule has 7 heteroatoms. The molecular weight excluding hydrogens is 232 g/mol. The van der Waals surface area contributed by atoms with Gasteiger partial charge in [0.15, 0.2) is 4.91 Å². The first kappa shape index (κ1) is 11.1. The minimum Gasteiger partial charge on any atom is -0.477 e. The van der Waals surface area contributed by atoms with Crippen LogP contribution >= 0.6 is 0 Å². The second-order valence-corrected chi connectivity index (χ2v) is 5.67. The van der Waals surface area contributed by atoms with Gasteiger partial charge in [-0.15, -0.1) is 0 Å². The number of aliphatic imine (C=N–C) groups is 1. The Morgan fingerprint density at radius 1 is 1.44 bits per heavy atom. The van der Waals surface area contributed by atoms with Crippen LogP contribution in [0, 0.1) is 0 Å². The van der Waals surface area contributed by atoms with Gasteiger partial charge in [-0.25, -0.2) is 13.2 Å². The number of nitrogens with one attached hydrogen (secondary N) is 1. The predicted molar refractivity (Wildman–Crippen MR) is 57.5 cm³/mol. The molecule has 0 saturated heterocycles. The second kappa shape index (κ2) is 3.89. The zero-order chi connectivity index (χ0) is 11.8. The van der Waals surface area contributed by atoms with Crippen molar-refractivity contribution in [2.24, 2.45) is 4.99 Å². The first-order chi connectivity index (χ1) is 7.51. The van der Waals surface area contributed by atoms with Crippen molar-refractivity contribution in [3.8, 4) is 0 Å². The van der Waals surface area contributed by atoms with Gasteiger partial charge in [-0.1, -0.05) is 12.8 Å². The lowest BCUT2D eigenvalue weighted by molar-refractivity contribution is -0.131. The number of aliphatic carboxylic acids is 1. The highest BCUT2D eigenvalue weighted by Crippen LogP contribution is 2.23. The molecule has 1 aliphatic carbocycles. The zero-order valence-corrected chi connectivity index (χ0v) is 9.33. The third-order valence-corrected chi connectivity index (χ3v) is 4.31. The number of amidine groups is 1. The number of nitrogens with zero attached hydrogens (tertiary/aromatic N) is 1. The lowest BCUT2D eigenvalue weighted by Gasteiger charge is -2.04. The monoisotopic (exact) mass is 244 g/mol. The van der Waals surface area contributed by atoms with Gasteiger partial charge in [0.05, 0.1) is 6.04 Å². The first-order valence-corrected chi connectivity index (χ1v) is 6.53. The van der Waals surface area contributed by atoms with Crippen molar-refractivity contribution < 1.29 is 18.3 Å². The Labute approximate surface area is 93.0 Å². The number of rotatable bonds is 2. The fourth-order valence-corrected chi connectivity index (χ4v) is 3.02. The highest BCUT2D eigenvalue weighted by atomic mass is 32.2. The maximum atomic E-state index is 11.7. The number of carbonyl (C=O) groups is 1. The number of hydrogen-bond acceptors (Lipinski definition) is 4. The Bertz CT molecular complexity index is 472. The molecule has 2 rings (SSSR count). The van der Waals surface area contributed by atoms with E-state index in [1.807, 2.05) is 0 Å². The van der Waals surface area contributed by atoms with Crippen LogP contribution in [0.1, 0.15) is 25.7 Å². The molecule has 1 saturated carbocycles. The Hall–Kier alpha value is -1.37. The van der Waals surface area contributed by atoms with Gasteiger partial charge in [0.1, 0.15) is 0 Å². The highest BCUT2D eigenvalue weighted by Gasteiger charge is 2.36. The van der Waals surface area contributed by atoms with E-state index in [0.29, 0.717) is 0 Å². The second-order valence-electron chi connectivity index (χ2n) is 3.83. The maximum Gasteiger partial charge on any atom is 0.349 e. The average Bonchev–Trinajstić information content (AvgIpc) is 2.76. The van der Waals surface area contributed by atoms with Gasteiger partial charge in [0.25, 0.3) is 0 Å². The van der Waals surface area contributed by atoms with Crippen LogP contribution in [-0.4, -0.2) is 30.7 Å². The first-order valence-electron chi connectivity index (χ1n) is 5.04. The van der Waals surface area contributed by atoms with Crippen LogP contribution in [0.4, 0.5) is 0 Å². The normalized spacial score (nSPS) is 26.8. The molecule has 6 nitrogen and oxygen atoms in total. The number of carboxylic acids is 1. The smallest absolute Gasteiger partial charge is 0.349 e. The number of sulfone groups is 1. The summed E-state index contributed by atoms with van der Waals surface area (Å²) < 4.78 is 23.4. The van der Waals surface area contributed by atoms with E-state index in [1.165, 1.54) is 0 Å². The molecule has 0 atom stereocenters. The lowest BCUT2D eigenvalue weighted by Crippen LogP contribution is -2.24. The summed E-state index contributed by atoms with van der Waals surface area (Å²) in [6, 6.07) is -0.00109. The van der Waals surface area contributed by atoms with E-state index in [4.69, 9.17) is 5.11 Å². The molecule has 2 aliphatic rings. The molecular formula is C9H12N2O4S.